The number of allylic oxidation sites excluding steroid dienone is 1. The van der Waals surface area contributed by atoms with E-state index in [-0.39, 0.29) is 11.3 Å². The molecule has 0 radical (unpaired) electrons. The highest BCUT2D eigenvalue weighted by Gasteiger charge is 2.29. The van der Waals surface area contributed by atoms with E-state index in [1.54, 1.807) is 0 Å². The maximum absolute atomic E-state index is 12.5. The normalized spacial score (nSPS) is 16.8. The van der Waals surface area contributed by atoms with Crippen molar-refractivity contribution in [3.8, 4) is 11.5 Å². The quantitative estimate of drug-likeness (QED) is 0.612. The average molecular weight is 458 g/mol. The van der Waals surface area contributed by atoms with Gasteiger partial charge in [-0.05, 0) is 41.5 Å². The minimum absolute atomic E-state index is 0.225. The molecule has 1 amide bonds. The van der Waals surface area contributed by atoms with Crippen LogP contribution < -0.4 is 4.74 Å². The summed E-state index contributed by atoms with van der Waals surface area (Å²) in [5.74, 6) is 2.72. The van der Waals surface area contributed by atoms with Crippen LogP contribution in [0.4, 0.5) is 0 Å². The largest absolute Gasteiger partial charge is 0.457 e. The smallest absolute Gasteiger partial charge is 0.228 e. The van der Waals surface area contributed by atoms with Gasteiger partial charge in [0.25, 0.3) is 0 Å². The van der Waals surface area contributed by atoms with Crippen molar-refractivity contribution >= 4 is 28.7 Å². The number of nitrogens with one attached hydrogen (secondary N) is 1. The van der Waals surface area contributed by atoms with Crippen molar-refractivity contribution in [2.24, 2.45) is 10.4 Å². The van der Waals surface area contributed by atoms with Crippen molar-refractivity contribution < 1.29 is 9.53 Å². The van der Waals surface area contributed by atoms with E-state index in [2.05, 4.69) is 27.0 Å². The van der Waals surface area contributed by atoms with Gasteiger partial charge in [-0.3, -0.25) is 14.7 Å². The average Bonchev–Trinajstić information content (AvgIpc) is 3.49. The topological polar surface area (TPSA) is 73.8 Å². The van der Waals surface area contributed by atoms with Crippen molar-refractivity contribution in [1.29, 1.82) is 0 Å². The first-order chi connectivity index (χ1) is 16.3. The number of fused-ring (bicyclic) bond motifs is 1. The molecule has 0 saturated carbocycles. The van der Waals surface area contributed by atoms with Gasteiger partial charge in [0.05, 0.1) is 24.1 Å². The first-order valence-electron chi connectivity index (χ1n) is 11.8. The SMILES string of the molecule is CC(C)(C)C(=O)N1CCN(Cc2nc3ccc(Oc4ccc(C5=CC=NC5)cc4)cc3[nH]2)CC1. The zero-order valence-electron chi connectivity index (χ0n) is 20.0. The van der Waals surface area contributed by atoms with Crippen LogP contribution in [0.5, 0.6) is 11.5 Å². The summed E-state index contributed by atoms with van der Waals surface area (Å²) < 4.78 is 6.08. The number of amides is 1. The Morgan fingerprint density at radius 3 is 2.44 bits per heavy atom. The zero-order chi connectivity index (χ0) is 23.7. The molecule has 3 heterocycles. The van der Waals surface area contributed by atoms with Crippen molar-refractivity contribution in [3.05, 3.63) is 59.9 Å². The Hall–Kier alpha value is -3.45. The van der Waals surface area contributed by atoms with Crippen LogP contribution in [0.1, 0.15) is 32.2 Å². The molecule has 1 N–H and O–H groups in total. The molecule has 34 heavy (non-hydrogen) atoms. The number of piperazine rings is 1. The second-order valence-corrected chi connectivity index (χ2v) is 9.99. The fraction of sp³-hybridized carbons (Fsp3) is 0.370. The van der Waals surface area contributed by atoms with Crippen LogP contribution in [-0.4, -0.2) is 64.6 Å². The standard InChI is InChI=1S/C27H31N5O2/c1-27(2,3)26(33)32-14-12-31(13-15-32)18-25-29-23-9-8-22(16-24(23)30-25)34-21-6-4-19(5-7-21)20-10-11-28-17-20/h4-11,16H,12-15,17-18H2,1-3H3,(H,29,30). The summed E-state index contributed by atoms with van der Waals surface area (Å²) in [6, 6.07) is 14.0. The number of benzene rings is 2. The second kappa shape index (κ2) is 9.06. The predicted molar refractivity (Wildman–Crippen MR) is 135 cm³/mol. The molecular weight excluding hydrogens is 426 g/mol. The van der Waals surface area contributed by atoms with E-state index in [9.17, 15) is 4.79 Å². The fourth-order valence-corrected chi connectivity index (χ4v) is 4.38. The third kappa shape index (κ3) is 4.89. The summed E-state index contributed by atoms with van der Waals surface area (Å²) in [6.45, 7) is 10.6. The molecular formula is C27H31N5O2. The molecule has 0 unspecified atom stereocenters. The number of aromatic nitrogens is 2. The number of nitrogens with zero attached hydrogens (tertiary/aromatic N) is 4. The summed E-state index contributed by atoms with van der Waals surface area (Å²) in [7, 11) is 0. The number of aliphatic imine (C=N–C) groups is 1. The lowest BCUT2D eigenvalue weighted by Gasteiger charge is -2.37. The highest BCUT2D eigenvalue weighted by Crippen LogP contribution is 2.27. The van der Waals surface area contributed by atoms with Gasteiger partial charge in [-0.15, -0.1) is 0 Å². The number of hydrogen-bond donors (Lipinski definition) is 1. The molecule has 7 heteroatoms. The van der Waals surface area contributed by atoms with Crippen LogP contribution in [0.15, 0.2) is 53.5 Å². The van der Waals surface area contributed by atoms with Crippen molar-refractivity contribution in [3.63, 3.8) is 0 Å². The van der Waals surface area contributed by atoms with Gasteiger partial charge in [0.1, 0.15) is 17.3 Å². The number of rotatable bonds is 5. The van der Waals surface area contributed by atoms with E-state index in [1.165, 1.54) is 11.1 Å². The first-order valence-corrected chi connectivity index (χ1v) is 11.8. The highest BCUT2D eigenvalue weighted by atomic mass is 16.5. The van der Waals surface area contributed by atoms with E-state index in [0.29, 0.717) is 0 Å². The zero-order valence-corrected chi connectivity index (χ0v) is 20.0. The molecule has 2 aliphatic heterocycles. The Morgan fingerprint density at radius 2 is 1.76 bits per heavy atom. The number of H-pyrrole nitrogens is 1. The predicted octanol–water partition coefficient (Wildman–Crippen LogP) is 4.51. The maximum Gasteiger partial charge on any atom is 0.228 e. The monoisotopic (exact) mass is 457 g/mol. The third-order valence-electron chi connectivity index (χ3n) is 6.28. The fourth-order valence-electron chi connectivity index (χ4n) is 4.38. The van der Waals surface area contributed by atoms with Gasteiger partial charge in [-0.1, -0.05) is 32.9 Å². The van der Waals surface area contributed by atoms with Gasteiger partial charge in [-0.2, -0.15) is 0 Å². The molecule has 0 bridgehead atoms. The molecule has 1 fully saturated rings. The van der Waals surface area contributed by atoms with E-state index >= 15 is 0 Å². The van der Waals surface area contributed by atoms with Crippen LogP contribution in [-0.2, 0) is 11.3 Å². The van der Waals surface area contributed by atoms with Crippen LogP contribution in [0, 0.1) is 5.41 Å². The van der Waals surface area contributed by atoms with Crippen LogP contribution in [0.25, 0.3) is 16.6 Å². The molecule has 2 aliphatic rings. The lowest BCUT2D eigenvalue weighted by Crippen LogP contribution is -2.51. The number of carbonyl (C=O) groups is 1. The lowest BCUT2D eigenvalue weighted by atomic mass is 9.94. The van der Waals surface area contributed by atoms with E-state index < -0.39 is 0 Å². The Kier molecular flexibility index (Phi) is 5.96. The van der Waals surface area contributed by atoms with Crippen molar-refractivity contribution in [1.82, 2.24) is 19.8 Å². The number of imidazole rings is 1. The van der Waals surface area contributed by atoms with E-state index in [1.807, 2.05) is 68.3 Å². The molecule has 0 spiro atoms. The molecule has 7 nitrogen and oxygen atoms in total. The number of ether oxygens (including phenoxy) is 1. The molecule has 5 rings (SSSR count). The maximum atomic E-state index is 12.5. The van der Waals surface area contributed by atoms with Gasteiger partial charge in [0.15, 0.2) is 0 Å². The second-order valence-electron chi connectivity index (χ2n) is 9.99. The Morgan fingerprint density at radius 1 is 1.03 bits per heavy atom. The van der Waals surface area contributed by atoms with Crippen LogP contribution >= 0.6 is 0 Å². The summed E-state index contributed by atoms with van der Waals surface area (Å²) in [5, 5.41) is 0. The summed E-state index contributed by atoms with van der Waals surface area (Å²) in [4.78, 5) is 29.3. The van der Waals surface area contributed by atoms with E-state index in [0.717, 1.165) is 67.6 Å². The minimum Gasteiger partial charge on any atom is -0.457 e. The van der Waals surface area contributed by atoms with Crippen molar-refractivity contribution in [2.75, 3.05) is 32.7 Å². The molecule has 1 aromatic heterocycles. The number of hydrogen-bond acceptors (Lipinski definition) is 5. The van der Waals surface area contributed by atoms with Crippen LogP contribution in [0.2, 0.25) is 0 Å². The van der Waals surface area contributed by atoms with Gasteiger partial charge in [0, 0.05) is 43.9 Å². The summed E-state index contributed by atoms with van der Waals surface area (Å²) in [6.07, 6.45) is 3.90. The summed E-state index contributed by atoms with van der Waals surface area (Å²) >= 11 is 0. The minimum atomic E-state index is -0.328. The molecule has 176 valence electrons. The lowest BCUT2D eigenvalue weighted by molar-refractivity contribution is -0.141. The molecule has 3 aromatic rings. The Balaban J connectivity index is 1.20. The molecule has 2 aromatic carbocycles. The van der Waals surface area contributed by atoms with Crippen LogP contribution in [0.3, 0.4) is 0 Å². The third-order valence-corrected chi connectivity index (χ3v) is 6.28. The van der Waals surface area contributed by atoms with Gasteiger partial charge in [0.2, 0.25) is 5.91 Å². The Labute approximate surface area is 200 Å². The first kappa shape index (κ1) is 22.3. The molecule has 0 atom stereocenters. The molecule has 1 saturated heterocycles. The van der Waals surface area contributed by atoms with E-state index in [4.69, 9.17) is 9.72 Å². The highest BCUT2D eigenvalue weighted by molar-refractivity contribution is 5.89. The van der Waals surface area contributed by atoms with Gasteiger partial charge < -0.3 is 14.6 Å². The molecule has 0 aliphatic carbocycles. The summed E-state index contributed by atoms with van der Waals surface area (Å²) in [5.41, 5.74) is 3.94. The number of aromatic amines is 1. The van der Waals surface area contributed by atoms with Gasteiger partial charge >= 0.3 is 0 Å². The van der Waals surface area contributed by atoms with Crippen molar-refractivity contribution in [2.45, 2.75) is 27.3 Å². The number of carbonyl (C=O) groups excluding carboxylic acids is 1. The van der Waals surface area contributed by atoms with Gasteiger partial charge in [-0.25, -0.2) is 4.98 Å². The Bertz CT molecular complexity index is 1240.